The Kier molecular flexibility index (Phi) is 10.1. The van der Waals surface area contributed by atoms with Crippen molar-refractivity contribution in [2.75, 3.05) is 74.6 Å². The van der Waals surface area contributed by atoms with Gasteiger partial charge in [-0.2, -0.15) is 0 Å². The third-order valence-electron chi connectivity index (χ3n) is 9.39. The zero-order chi connectivity index (χ0) is 33.1. The number of aromatic nitrogens is 2. The summed E-state index contributed by atoms with van der Waals surface area (Å²) in [5.41, 5.74) is 2.56. The van der Waals surface area contributed by atoms with E-state index < -0.39 is 11.9 Å². The van der Waals surface area contributed by atoms with E-state index in [-0.39, 0.29) is 10.9 Å². The van der Waals surface area contributed by atoms with Gasteiger partial charge in [0.2, 0.25) is 5.91 Å². The van der Waals surface area contributed by atoms with Crippen molar-refractivity contribution in [1.82, 2.24) is 19.8 Å². The maximum absolute atomic E-state index is 14.9. The number of benzene rings is 2. The number of hydroxylamine groups is 1. The van der Waals surface area contributed by atoms with Gasteiger partial charge in [-0.05, 0) is 51.6 Å². The molecule has 0 saturated carbocycles. The molecule has 0 radical (unpaired) electrons. The maximum atomic E-state index is 14.9. The van der Waals surface area contributed by atoms with Gasteiger partial charge in [0.25, 0.3) is 0 Å². The predicted octanol–water partition coefficient (Wildman–Crippen LogP) is 5.63. The highest BCUT2D eigenvalue weighted by molar-refractivity contribution is 6.30. The van der Waals surface area contributed by atoms with Crippen LogP contribution in [0.25, 0.3) is 0 Å². The number of carbonyl (C=O) groups is 1. The summed E-state index contributed by atoms with van der Waals surface area (Å²) < 4.78 is 20.8. The lowest BCUT2D eigenvalue weighted by Crippen LogP contribution is -2.45. The molecule has 3 aliphatic rings. The van der Waals surface area contributed by atoms with Crippen LogP contribution >= 0.6 is 11.6 Å². The first-order valence-electron chi connectivity index (χ1n) is 16.0. The number of piperidine rings is 1. The van der Waals surface area contributed by atoms with Gasteiger partial charge in [-0.25, -0.2) is 19.4 Å². The molecule has 250 valence electrons. The van der Waals surface area contributed by atoms with Gasteiger partial charge in [0.05, 0.1) is 41.8 Å². The first kappa shape index (κ1) is 33.0. The summed E-state index contributed by atoms with van der Waals surface area (Å²) in [5.74, 6) is 0.727. The molecule has 4 heterocycles. The van der Waals surface area contributed by atoms with Crippen LogP contribution in [0.5, 0.6) is 5.75 Å². The van der Waals surface area contributed by atoms with Crippen LogP contribution in [-0.2, 0) is 9.63 Å². The first-order valence-corrected chi connectivity index (χ1v) is 16.4. The number of rotatable bonds is 10. The Balaban J connectivity index is 1.22. The van der Waals surface area contributed by atoms with Gasteiger partial charge in [0.15, 0.2) is 5.82 Å². The van der Waals surface area contributed by atoms with E-state index in [9.17, 15) is 9.18 Å². The van der Waals surface area contributed by atoms with Crippen molar-refractivity contribution in [1.29, 1.82) is 0 Å². The van der Waals surface area contributed by atoms with Gasteiger partial charge >= 0.3 is 0 Å². The summed E-state index contributed by atoms with van der Waals surface area (Å²) in [6, 6.07) is 11.2. The van der Waals surface area contributed by atoms with Gasteiger partial charge in [0.1, 0.15) is 23.7 Å². The highest BCUT2D eigenvalue weighted by atomic mass is 35.5. The molecule has 0 aliphatic carbocycles. The van der Waals surface area contributed by atoms with Crippen molar-refractivity contribution in [3.63, 3.8) is 0 Å². The zero-order valence-electron chi connectivity index (χ0n) is 27.1. The quantitative estimate of drug-likeness (QED) is 0.265. The number of carbonyl (C=O) groups excluding carboxylic acids is 1. The molecule has 3 fully saturated rings. The number of likely N-dealkylation sites (N-methyl/N-ethyl adjacent to an activating group) is 1. The van der Waals surface area contributed by atoms with Crippen LogP contribution < -0.4 is 25.3 Å². The average Bonchev–Trinajstić information content (AvgIpc) is 3.78. The molecule has 2 atom stereocenters. The van der Waals surface area contributed by atoms with Gasteiger partial charge in [-0.15, -0.1) is 0 Å². The zero-order valence-corrected chi connectivity index (χ0v) is 27.8. The molecule has 6 rings (SSSR count). The Morgan fingerprint density at radius 3 is 2.66 bits per heavy atom. The minimum atomic E-state index is -0.473. The lowest BCUT2D eigenvalue weighted by atomic mass is 10.0. The number of nitrogens with zero attached hydrogens (tertiary/aromatic N) is 6. The fourth-order valence-corrected chi connectivity index (χ4v) is 6.99. The van der Waals surface area contributed by atoms with Crippen LogP contribution in [0.4, 0.5) is 33.1 Å². The lowest BCUT2D eigenvalue weighted by molar-refractivity contribution is -0.111. The molecule has 11 nitrogen and oxygen atoms in total. The van der Waals surface area contributed by atoms with Crippen LogP contribution in [0.3, 0.4) is 0 Å². The second kappa shape index (κ2) is 14.4. The van der Waals surface area contributed by atoms with E-state index in [1.807, 2.05) is 12.1 Å². The van der Waals surface area contributed by atoms with E-state index in [1.54, 1.807) is 30.4 Å². The molecule has 1 aromatic heterocycles. The number of nitrogens with one attached hydrogen (secondary N) is 2. The molecular formula is C34H42ClFN8O3. The molecule has 0 unspecified atom stereocenters. The minimum Gasteiger partial charge on any atom is -0.494 e. The van der Waals surface area contributed by atoms with E-state index in [0.29, 0.717) is 59.4 Å². The largest absolute Gasteiger partial charge is 0.494 e. The standard InChI is InChI=1S/C34H42ClFN8O3/c1-5-33(45)40-26-17-27(30(46-4)18-29(26)42-13-9-22(10-14-42)43-15-11-23(20-43)41(2)3)39-31-19-32(38-21-37-31)44-28(12-16-47-44)24-7-6-8-25(35)34(24)36/h5-8,17-19,21-23,28H,1,9-16,20H2,2-4H3,(H,40,45)(H,37,38,39)/t23-,28+/m0/s1. The Morgan fingerprint density at radius 2 is 1.94 bits per heavy atom. The fraction of sp³-hybridized carbons (Fsp3) is 0.441. The predicted molar refractivity (Wildman–Crippen MR) is 183 cm³/mol. The van der Waals surface area contributed by atoms with E-state index >= 15 is 0 Å². The van der Waals surface area contributed by atoms with E-state index in [2.05, 4.69) is 56.0 Å². The molecule has 1 amide bonds. The van der Waals surface area contributed by atoms with Crippen LogP contribution in [0.15, 0.2) is 55.4 Å². The smallest absolute Gasteiger partial charge is 0.247 e. The second-order valence-electron chi connectivity index (χ2n) is 12.4. The third kappa shape index (κ3) is 7.15. The van der Waals surface area contributed by atoms with Crippen LogP contribution in [0, 0.1) is 5.82 Å². The number of halogens is 2. The molecular weight excluding hydrogens is 623 g/mol. The maximum Gasteiger partial charge on any atom is 0.247 e. The molecule has 3 saturated heterocycles. The van der Waals surface area contributed by atoms with Gasteiger partial charge in [-0.3, -0.25) is 14.5 Å². The summed E-state index contributed by atoms with van der Waals surface area (Å²) >= 11 is 6.07. The van der Waals surface area contributed by atoms with Crippen molar-refractivity contribution in [2.45, 2.75) is 43.8 Å². The third-order valence-corrected chi connectivity index (χ3v) is 9.69. The van der Waals surface area contributed by atoms with Gasteiger partial charge < -0.3 is 25.2 Å². The summed E-state index contributed by atoms with van der Waals surface area (Å²) in [4.78, 5) is 34.5. The van der Waals surface area contributed by atoms with Crippen molar-refractivity contribution >= 4 is 46.2 Å². The van der Waals surface area contributed by atoms with Crippen molar-refractivity contribution in [3.8, 4) is 5.75 Å². The van der Waals surface area contributed by atoms with Gasteiger partial charge in [0, 0.05) is 62.4 Å². The monoisotopic (exact) mass is 664 g/mol. The lowest BCUT2D eigenvalue weighted by Gasteiger charge is -2.39. The summed E-state index contributed by atoms with van der Waals surface area (Å²) in [6.45, 7) is 8.01. The molecule has 3 aliphatic heterocycles. The van der Waals surface area contributed by atoms with E-state index in [1.165, 1.54) is 24.9 Å². The minimum absolute atomic E-state index is 0.0587. The van der Waals surface area contributed by atoms with E-state index in [0.717, 1.165) is 44.7 Å². The normalized spacial score (nSPS) is 20.6. The average molecular weight is 665 g/mol. The highest BCUT2D eigenvalue weighted by Crippen LogP contribution is 2.41. The van der Waals surface area contributed by atoms with E-state index in [4.69, 9.17) is 21.2 Å². The second-order valence-corrected chi connectivity index (χ2v) is 12.8. The number of anilines is 5. The molecule has 0 spiro atoms. The van der Waals surface area contributed by atoms with Crippen LogP contribution in [-0.4, -0.2) is 91.7 Å². The number of ether oxygens (including phenoxy) is 1. The number of methoxy groups -OCH3 is 1. The van der Waals surface area contributed by atoms with Crippen molar-refractivity contribution < 1.29 is 18.8 Å². The SMILES string of the molecule is C=CC(=O)Nc1cc(Nc2cc(N3OCC[C@@H]3c3cccc(Cl)c3F)ncn2)c(OC)cc1N1CCC(N2CC[C@H](N(C)C)C2)CC1. The fourth-order valence-electron chi connectivity index (χ4n) is 6.80. The van der Waals surface area contributed by atoms with Crippen molar-refractivity contribution in [2.24, 2.45) is 0 Å². The highest BCUT2D eigenvalue weighted by Gasteiger charge is 2.33. The molecule has 13 heteroatoms. The molecule has 3 aromatic rings. The number of hydrogen-bond donors (Lipinski definition) is 2. The topological polar surface area (TPSA) is 98.3 Å². The molecule has 47 heavy (non-hydrogen) atoms. The Bertz CT molecular complexity index is 1600. The molecule has 0 bridgehead atoms. The number of amides is 1. The molecule has 2 N–H and O–H groups in total. The van der Waals surface area contributed by atoms with Crippen LogP contribution in [0.1, 0.15) is 37.3 Å². The van der Waals surface area contributed by atoms with Crippen molar-refractivity contribution in [3.05, 3.63) is 71.8 Å². The number of likely N-dealkylation sites (tertiary alicyclic amines) is 1. The van der Waals surface area contributed by atoms with Gasteiger partial charge in [-0.1, -0.05) is 30.3 Å². The summed E-state index contributed by atoms with van der Waals surface area (Å²) in [7, 11) is 5.93. The summed E-state index contributed by atoms with van der Waals surface area (Å²) in [6.07, 6.45) is 6.53. The Hall–Kier alpha value is -3.97. The first-order chi connectivity index (χ1) is 22.7. The molecule has 2 aromatic carbocycles. The Labute approximate surface area is 280 Å². The van der Waals surface area contributed by atoms with Crippen LogP contribution in [0.2, 0.25) is 5.02 Å². The summed E-state index contributed by atoms with van der Waals surface area (Å²) in [5, 5.41) is 7.96. The number of hydrogen-bond acceptors (Lipinski definition) is 10. The Morgan fingerprint density at radius 1 is 1.13 bits per heavy atom.